The van der Waals surface area contributed by atoms with Crippen LogP contribution in [0.3, 0.4) is 0 Å². The Hall–Kier alpha value is -2.86. The smallest absolute Gasteiger partial charge is 0.271 e. The number of ether oxygens (including phenoxy) is 1. The maximum absolute atomic E-state index is 12.3. The predicted octanol–water partition coefficient (Wildman–Crippen LogP) is 2.64. The van der Waals surface area contributed by atoms with Crippen molar-refractivity contribution < 1.29 is 9.53 Å². The molecule has 124 valence electrons. The number of aliphatic imine (C=N–C) groups is 1. The third-order valence-corrected chi connectivity index (χ3v) is 3.40. The molecule has 1 aromatic heterocycles. The molecule has 1 aromatic carbocycles. The molecule has 0 fully saturated rings. The third-order valence-electron chi connectivity index (χ3n) is 3.16. The fourth-order valence-corrected chi connectivity index (χ4v) is 2.18. The Morgan fingerprint density at radius 2 is 2.21 bits per heavy atom. The molecule has 24 heavy (non-hydrogen) atoms. The van der Waals surface area contributed by atoms with Crippen LogP contribution in [0.2, 0.25) is 5.02 Å². The largest absolute Gasteiger partial charge is 0.494 e. The van der Waals surface area contributed by atoms with Crippen molar-refractivity contribution in [1.82, 2.24) is 4.98 Å². The molecule has 0 spiro atoms. The highest BCUT2D eigenvalue weighted by atomic mass is 35.5. The van der Waals surface area contributed by atoms with E-state index in [0.29, 0.717) is 22.2 Å². The van der Waals surface area contributed by atoms with Gasteiger partial charge in [-0.1, -0.05) is 23.7 Å². The average Bonchev–Trinajstić information content (AvgIpc) is 2.59. The van der Waals surface area contributed by atoms with Gasteiger partial charge in [0.1, 0.15) is 11.4 Å². The Balaban J connectivity index is 2.21. The number of halogens is 1. The van der Waals surface area contributed by atoms with Gasteiger partial charge in [-0.05, 0) is 18.2 Å². The third kappa shape index (κ3) is 4.33. The second-order valence-electron chi connectivity index (χ2n) is 4.75. The highest BCUT2D eigenvalue weighted by Crippen LogP contribution is 2.22. The molecule has 0 saturated heterocycles. The van der Waals surface area contributed by atoms with Crippen molar-refractivity contribution in [2.24, 2.45) is 10.7 Å². The molecule has 7 heteroatoms. The Morgan fingerprint density at radius 1 is 1.42 bits per heavy atom. The molecule has 0 aliphatic carbocycles. The van der Waals surface area contributed by atoms with Gasteiger partial charge in [0, 0.05) is 29.9 Å². The number of carbonyl (C=O) groups excluding carboxylic acids is 1. The number of nitrogens with one attached hydrogen (secondary N) is 1. The van der Waals surface area contributed by atoms with Crippen molar-refractivity contribution in [3.8, 4) is 5.75 Å². The zero-order valence-electron chi connectivity index (χ0n) is 13.3. The minimum atomic E-state index is -0.482. The zero-order valence-corrected chi connectivity index (χ0v) is 14.0. The predicted molar refractivity (Wildman–Crippen MR) is 95.6 cm³/mol. The van der Waals surface area contributed by atoms with Gasteiger partial charge >= 0.3 is 0 Å². The van der Waals surface area contributed by atoms with E-state index in [2.05, 4.69) is 15.3 Å². The van der Waals surface area contributed by atoms with Crippen LogP contribution in [0, 0.1) is 0 Å². The first-order chi connectivity index (χ1) is 11.5. The summed E-state index contributed by atoms with van der Waals surface area (Å²) in [5, 5.41) is 3.23. The van der Waals surface area contributed by atoms with Crippen molar-refractivity contribution in [3.63, 3.8) is 0 Å². The molecular formula is C17H17ClN4O2. The van der Waals surface area contributed by atoms with Gasteiger partial charge in [-0.3, -0.25) is 14.8 Å². The molecule has 3 N–H and O–H groups in total. The lowest BCUT2D eigenvalue weighted by atomic mass is 10.1. The van der Waals surface area contributed by atoms with Gasteiger partial charge < -0.3 is 15.8 Å². The van der Waals surface area contributed by atoms with Gasteiger partial charge in [-0.15, -0.1) is 0 Å². The number of rotatable bonds is 5. The van der Waals surface area contributed by atoms with Gasteiger partial charge in [0.2, 0.25) is 0 Å². The minimum Gasteiger partial charge on any atom is -0.494 e. The van der Waals surface area contributed by atoms with Crippen LogP contribution in [0.15, 0.2) is 59.5 Å². The molecule has 0 saturated carbocycles. The molecule has 2 aromatic rings. The average molecular weight is 345 g/mol. The first-order valence-electron chi connectivity index (χ1n) is 7.04. The maximum Gasteiger partial charge on any atom is 0.271 e. The molecule has 0 unspecified atom stereocenters. The van der Waals surface area contributed by atoms with E-state index in [1.54, 1.807) is 37.5 Å². The van der Waals surface area contributed by atoms with E-state index in [9.17, 15) is 4.79 Å². The summed E-state index contributed by atoms with van der Waals surface area (Å²) in [6, 6.07) is 8.77. The standard InChI is InChI=1S/C17H17ClN4O2/c1-20-14(11-4-3-5-12(18)8-11)9-13(19)17(23)22-15-10-21-7-6-16(15)24-2/h3-10H,19H2,1-2H3,(H,22,23). The number of pyridine rings is 1. The summed E-state index contributed by atoms with van der Waals surface area (Å²) >= 11 is 5.98. The number of carbonyl (C=O) groups is 1. The lowest BCUT2D eigenvalue weighted by molar-refractivity contribution is -0.112. The summed E-state index contributed by atoms with van der Waals surface area (Å²) in [5.41, 5.74) is 7.62. The summed E-state index contributed by atoms with van der Waals surface area (Å²) in [6.45, 7) is 0. The molecule has 2 rings (SSSR count). The van der Waals surface area contributed by atoms with Crippen LogP contribution in [0.1, 0.15) is 5.56 Å². The Labute approximate surface area is 145 Å². The van der Waals surface area contributed by atoms with Crippen LogP contribution >= 0.6 is 11.6 Å². The van der Waals surface area contributed by atoms with Crippen molar-refractivity contribution in [3.05, 3.63) is 65.1 Å². The van der Waals surface area contributed by atoms with Crippen LogP contribution < -0.4 is 15.8 Å². The zero-order chi connectivity index (χ0) is 17.5. The number of benzene rings is 1. The van der Waals surface area contributed by atoms with Crippen LogP contribution in [0.25, 0.3) is 0 Å². The van der Waals surface area contributed by atoms with E-state index in [-0.39, 0.29) is 5.70 Å². The van der Waals surface area contributed by atoms with Gasteiger partial charge in [-0.2, -0.15) is 0 Å². The number of amides is 1. The first-order valence-corrected chi connectivity index (χ1v) is 7.42. The number of nitrogens with two attached hydrogens (primary N) is 1. The Bertz CT molecular complexity index is 803. The lowest BCUT2D eigenvalue weighted by Crippen LogP contribution is -2.21. The van der Waals surface area contributed by atoms with Gasteiger partial charge in [0.25, 0.3) is 5.91 Å². The molecular weight excluding hydrogens is 328 g/mol. The van der Waals surface area contributed by atoms with Crippen LogP contribution in [-0.2, 0) is 4.79 Å². The second kappa shape index (κ2) is 8.12. The molecule has 1 amide bonds. The molecule has 6 nitrogen and oxygen atoms in total. The summed E-state index contributed by atoms with van der Waals surface area (Å²) in [5.74, 6) is 0.00912. The number of allylic oxidation sites excluding steroid dienone is 1. The summed E-state index contributed by atoms with van der Waals surface area (Å²) in [4.78, 5) is 20.4. The number of hydrogen-bond donors (Lipinski definition) is 2. The molecule has 0 aliphatic rings. The Morgan fingerprint density at radius 3 is 2.88 bits per heavy atom. The van der Waals surface area contributed by atoms with E-state index in [0.717, 1.165) is 5.56 Å². The highest BCUT2D eigenvalue weighted by Gasteiger charge is 2.11. The molecule has 0 aliphatic heterocycles. The monoisotopic (exact) mass is 344 g/mol. The number of aromatic nitrogens is 1. The van der Waals surface area contributed by atoms with Crippen LogP contribution in [0.5, 0.6) is 5.75 Å². The first kappa shape index (κ1) is 17.5. The lowest BCUT2D eigenvalue weighted by Gasteiger charge is -2.09. The van der Waals surface area contributed by atoms with E-state index in [4.69, 9.17) is 22.1 Å². The summed E-state index contributed by atoms with van der Waals surface area (Å²) in [7, 11) is 3.12. The molecule has 0 radical (unpaired) electrons. The van der Waals surface area contributed by atoms with Gasteiger partial charge in [-0.25, -0.2) is 0 Å². The van der Waals surface area contributed by atoms with Gasteiger partial charge in [0.15, 0.2) is 0 Å². The number of methoxy groups -OCH3 is 1. The van der Waals surface area contributed by atoms with E-state index in [1.807, 2.05) is 6.07 Å². The minimum absolute atomic E-state index is 0.00137. The number of nitrogens with zero attached hydrogens (tertiary/aromatic N) is 2. The topological polar surface area (TPSA) is 89.6 Å². The van der Waals surface area contributed by atoms with Crippen molar-refractivity contribution in [2.75, 3.05) is 19.5 Å². The highest BCUT2D eigenvalue weighted by molar-refractivity contribution is 6.31. The fraction of sp³-hybridized carbons (Fsp3) is 0.118. The summed E-state index contributed by atoms with van der Waals surface area (Å²) in [6.07, 6.45) is 4.54. The SMILES string of the molecule is CN=C(C=C(N)C(=O)Nc1cnccc1OC)c1cccc(Cl)c1. The summed E-state index contributed by atoms with van der Waals surface area (Å²) < 4.78 is 5.16. The molecule has 0 atom stereocenters. The van der Waals surface area contributed by atoms with E-state index < -0.39 is 5.91 Å². The van der Waals surface area contributed by atoms with Crippen LogP contribution in [-0.4, -0.2) is 30.8 Å². The fourth-order valence-electron chi connectivity index (χ4n) is 1.99. The van der Waals surface area contributed by atoms with E-state index >= 15 is 0 Å². The van der Waals surface area contributed by atoms with Crippen molar-refractivity contribution in [2.45, 2.75) is 0 Å². The second-order valence-corrected chi connectivity index (χ2v) is 5.19. The maximum atomic E-state index is 12.3. The quantitative estimate of drug-likeness (QED) is 0.644. The van der Waals surface area contributed by atoms with Crippen LogP contribution in [0.4, 0.5) is 5.69 Å². The van der Waals surface area contributed by atoms with Gasteiger partial charge in [0.05, 0.1) is 24.7 Å². The van der Waals surface area contributed by atoms with E-state index in [1.165, 1.54) is 19.4 Å². The van der Waals surface area contributed by atoms with Crippen molar-refractivity contribution >= 4 is 28.9 Å². The van der Waals surface area contributed by atoms with Crippen molar-refractivity contribution in [1.29, 1.82) is 0 Å². The number of hydrogen-bond acceptors (Lipinski definition) is 5. The molecule has 1 heterocycles. The molecule has 0 bridgehead atoms. The Kier molecular flexibility index (Phi) is 5.92. The number of anilines is 1. The normalized spacial score (nSPS) is 12.0.